The molecule has 20 heavy (non-hydrogen) atoms. The number of carbonyl (C=O) groups is 1. The predicted molar refractivity (Wildman–Crippen MR) is 81.7 cm³/mol. The molecule has 0 spiro atoms. The SMILES string of the molecule is CC1NCCC1C(=O)N1CCN(Cc2ccsc2)CC1. The highest BCUT2D eigenvalue weighted by Gasteiger charge is 2.33. The lowest BCUT2D eigenvalue weighted by atomic mass is 10.00. The highest BCUT2D eigenvalue weighted by molar-refractivity contribution is 7.07. The fourth-order valence-electron chi connectivity index (χ4n) is 3.20. The maximum Gasteiger partial charge on any atom is 0.227 e. The first-order valence-electron chi connectivity index (χ1n) is 7.49. The summed E-state index contributed by atoms with van der Waals surface area (Å²) in [5.41, 5.74) is 1.39. The maximum absolute atomic E-state index is 12.5. The van der Waals surface area contributed by atoms with Crippen molar-refractivity contribution >= 4 is 17.2 Å². The van der Waals surface area contributed by atoms with Gasteiger partial charge in [0.05, 0.1) is 5.92 Å². The molecule has 2 atom stereocenters. The van der Waals surface area contributed by atoms with E-state index >= 15 is 0 Å². The Hall–Kier alpha value is -0.910. The van der Waals surface area contributed by atoms with Gasteiger partial charge in [0.1, 0.15) is 0 Å². The molecule has 2 unspecified atom stereocenters. The summed E-state index contributed by atoms with van der Waals surface area (Å²) >= 11 is 1.75. The summed E-state index contributed by atoms with van der Waals surface area (Å²) in [6.45, 7) is 7.88. The van der Waals surface area contributed by atoms with Gasteiger partial charge in [0.25, 0.3) is 0 Å². The monoisotopic (exact) mass is 293 g/mol. The van der Waals surface area contributed by atoms with Crippen molar-refractivity contribution < 1.29 is 4.79 Å². The molecule has 2 saturated heterocycles. The van der Waals surface area contributed by atoms with Crippen LogP contribution in [0.1, 0.15) is 18.9 Å². The van der Waals surface area contributed by atoms with Gasteiger partial charge in [-0.15, -0.1) is 0 Å². The first-order chi connectivity index (χ1) is 9.74. The van der Waals surface area contributed by atoms with Crippen LogP contribution in [0.2, 0.25) is 0 Å². The molecule has 2 aliphatic rings. The van der Waals surface area contributed by atoms with Crippen molar-refractivity contribution in [1.29, 1.82) is 0 Å². The van der Waals surface area contributed by atoms with Crippen LogP contribution in [-0.4, -0.2) is 54.5 Å². The molecule has 3 rings (SSSR count). The highest BCUT2D eigenvalue weighted by atomic mass is 32.1. The normalized spacial score (nSPS) is 27.9. The lowest BCUT2D eigenvalue weighted by Crippen LogP contribution is -2.51. The van der Waals surface area contributed by atoms with E-state index in [0.717, 1.165) is 45.7 Å². The maximum atomic E-state index is 12.5. The zero-order chi connectivity index (χ0) is 13.9. The number of rotatable bonds is 3. The summed E-state index contributed by atoms with van der Waals surface area (Å²) in [6, 6.07) is 2.53. The van der Waals surface area contributed by atoms with Crippen molar-refractivity contribution in [3.8, 4) is 0 Å². The zero-order valence-electron chi connectivity index (χ0n) is 12.0. The van der Waals surface area contributed by atoms with Crippen LogP contribution in [0.4, 0.5) is 0 Å². The van der Waals surface area contributed by atoms with E-state index in [9.17, 15) is 4.79 Å². The van der Waals surface area contributed by atoms with Crippen LogP contribution >= 0.6 is 11.3 Å². The minimum absolute atomic E-state index is 0.193. The first-order valence-corrected chi connectivity index (χ1v) is 8.44. The van der Waals surface area contributed by atoms with Crippen molar-refractivity contribution in [2.24, 2.45) is 5.92 Å². The molecule has 5 heteroatoms. The fraction of sp³-hybridized carbons (Fsp3) is 0.667. The number of piperazine rings is 1. The van der Waals surface area contributed by atoms with E-state index in [1.807, 2.05) is 0 Å². The molecule has 2 aliphatic heterocycles. The summed E-state index contributed by atoms with van der Waals surface area (Å²) < 4.78 is 0. The molecular formula is C15H23N3OS. The second kappa shape index (κ2) is 6.24. The average molecular weight is 293 g/mol. The van der Waals surface area contributed by atoms with Crippen LogP contribution in [0.3, 0.4) is 0 Å². The fourth-order valence-corrected chi connectivity index (χ4v) is 3.86. The molecule has 1 N–H and O–H groups in total. The van der Waals surface area contributed by atoms with E-state index in [2.05, 4.69) is 38.9 Å². The first kappa shape index (κ1) is 14.0. The molecule has 3 heterocycles. The van der Waals surface area contributed by atoms with E-state index < -0.39 is 0 Å². The molecule has 1 aromatic rings. The van der Waals surface area contributed by atoms with Gasteiger partial charge in [-0.1, -0.05) is 0 Å². The Balaban J connectivity index is 1.49. The number of carbonyl (C=O) groups excluding carboxylic acids is 1. The Bertz CT molecular complexity index is 440. The summed E-state index contributed by atoms with van der Waals surface area (Å²) in [4.78, 5) is 17.0. The second-order valence-corrected chi connectivity index (χ2v) is 6.65. The smallest absolute Gasteiger partial charge is 0.227 e. The lowest BCUT2D eigenvalue weighted by Gasteiger charge is -2.36. The third-order valence-corrected chi connectivity index (χ3v) is 5.24. The number of thiophene rings is 1. The van der Waals surface area contributed by atoms with Gasteiger partial charge in [0.2, 0.25) is 5.91 Å². The molecular weight excluding hydrogens is 270 g/mol. The quantitative estimate of drug-likeness (QED) is 0.915. The Kier molecular flexibility index (Phi) is 4.38. The molecule has 0 radical (unpaired) electrons. The van der Waals surface area contributed by atoms with Crippen LogP contribution in [0.25, 0.3) is 0 Å². The van der Waals surface area contributed by atoms with Gasteiger partial charge in [-0.2, -0.15) is 11.3 Å². The van der Waals surface area contributed by atoms with Gasteiger partial charge in [-0.25, -0.2) is 0 Å². The second-order valence-electron chi connectivity index (χ2n) is 5.87. The van der Waals surface area contributed by atoms with Crippen molar-refractivity contribution in [2.75, 3.05) is 32.7 Å². The van der Waals surface area contributed by atoms with Gasteiger partial charge >= 0.3 is 0 Å². The average Bonchev–Trinajstić information content (AvgIpc) is 3.10. The third-order valence-electron chi connectivity index (χ3n) is 4.51. The standard InChI is InChI=1S/C15H23N3OS/c1-12-14(2-4-16-12)15(19)18-7-5-17(6-8-18)10-13-3-9-20-11-13/h3,9,11-12,14,16H,2,4-8,10H2,1H3. The Labute approximate surface area is 124 Å². The van der Waals surface area contributed by atoms with E-state index in [-0.39, 0.29) is 5.92 Å². The van der Waals surface area contributed by atoms with E-state index in [4.69, 9.17) is 0 Å². The van der Waals surface area contributed by atoms with Gasteiger partial charge in [0, 0.05) is 38.8 Å². The summed E-state index contributed by atoms with van der Waals surface area (Å²) in [7, 11) is 0. The van der Waals surface area contributed by atoms with Gasteiger partial charge in [0.15, 0.2) is 0 Å². The van der Waals surface area contributed by atoms with Crippen LogP contribution < -0.4 is 5.32 Å². The van der Waals surface area contributed by atoms with E-state index in [0.29, 0.717) is 11.9 Å². The Morgan fingerprint density at radius 2 is 2.20 bits per heavy atom. The lowest BCUT2D eigenvalue weighted by molar-refractivity contribution is -0.137. The topological polar surface area (TPSA) is 35.6 Å². The molecule has 2 fully saturated rings. The molecule has 0 aliphatic carbocycles. The van der Waals surface area contributed by atoms with Gasteiger partial charge in [-0.3, -0.25) is 9.69 Å². The molecule has 110 valence electrons. The van der Waals surface area contributed by atoms with Crippen LogP contribution in [0.5, 0.6) is 0 Å². The van der Waals surface area contributed by atoms with Crippen LogP contribution in [0, 0.1) is 5.92 Å². The summed E-state index contributed by atoms with van der Waals surface area (Å²) in [6.07, 6.45) is 0.995. The molecule has 1 amide bonds. The number of hydrogen-bond acceptors (Lipinski definition) is 4. The minimum Gasteiger partial charge on any atom is -0.340 e. The molecule has 0 saturated carbocycles. The Morgan fingerprint density at radius 3 is 2.80 bits per heavy atom. The minimum atomic E-state index is 0.193. The zero-order valence-corrected chi connectivity index (χ0v) is 12.9. The van der Waals surface area contributed by atoms with Crippen molar-refractivity contribution in [1.82, 2.24) is 15.1 Å². The molecule has 4 nitrogen and oxygen atoms in total. The third kappa shape index (κ3) is 3.05. The molecule has 0 bridgehead atoms. The van der Waals surface area contributed by atoms with Gasteiger partial charge < -0.3 is 10.2 Å². The number of hydrogen-bond donors (Lipinski definition) is 1. The van der Waals surface area contributed by atoms with E-state index in [1.165, 1.54) is 5.56 Å². The summed E-state index contributed by atoms with van der Waals surface area (Å²) in [5, 5.41) is 7.71. The number of nitrogens with one attached hydrogen (secondary N) is 1. The van der Waals surface area contributed by atoms with E-state index in [1.54, 1.807) is 11.3 Å². The molecule has 0 aromatic carbocycles. The van der Waals surface area contributed by atoms with Crippen molar-refractivity contribution in [3.63, 3.8) is 0 Å². The highest BCUT2D eigenvalue weighted by Crippen LogP contribution is 2.19. The van der Waals surface area contributed by atoms with Crippen molar-refractivity contribution in [3.05, 3.63) is 22.4 Å². The summed E-state index contributed by atoms with van der Waals surface area (Å²) in [5.74, 6) is 0.552. The van der Waals surface area contributed by atoms with Gasteiger partial charge in [-0.05, 0) is 42.3 Å². The number of nitrogens with zero attached hydrogens (tertiary/aromatic N) is 2. The molecule has 1 aromatic heterocycles. The predicted octanol–water partition coefficient (Wildman–Crippen LogP) is 1.39. The van der Waals surface area contributed by atoms with Crippen LogP contribution in [0.15, 0.2) is 16.8 Å². The van der Waals surface area contributed by atoms with Crippen LogP contribution in [-0.2, 0) is 11.3 Å². The van der Waals surface area contributed by atoms with Crippen molar-refractivity contribution in [2.45, 2.75) is 25.9 Å². The Morgan fingerprint density at radius 1 is 1.40 bits per heavy atom. The largest absolute Gasteiger partial charge is 0.340 e. The number of amides is 1.